The number of benzene rings is 1. The van der Waals surface area contributed by atoms with Gasteiger partial charge in [0, 0.05) is 36.6 Å². The number of hydrogen-bond donors (Lipinski definition) is 3. The molecule has 0 fully saturated rings. The molecule has 2 rings (SSSR count). The van der Waals surface area contributed by atoms with Gasteiger partial charge in [-0.2, -0.15) is 0 Å². The summed E-state index contributed by atoms with van der Waals surface area (Å²) in [4.78, 5) is 28.0. The fourth-order valence-corrected chi connectivity index (χ4v) is 2.54. The Morgan fingerprint density at radius 1 is 0.964 bits per heavy atom. The summed E-state index contributed by atoms with van der Waals surface area (Å²) >= 11 is 0. The third-order valence-electron chi connectivity index (χ3n) is 3.98. The number of pyridine rings is 1. The van der Waals surface area contributed by atoms with Gasteiger partial charge in [0.25, 0.3) is 5.91 Å². The van der Waals surface area contributed by atoms with E-state index in [1.807, 2.05) is 24.3 Å². The van der Waals surface area contributed by atoms with Gasteiger partial charge in [-0.15, -0.1) is 24.8 Å². The highest BCUT2D eigenvalue weighted by Crippen LogP contribution is 2.12. The number of nitrogens with one attached hydrogen (secondary N) is 2. The molecule has 0 spiro atoms. The van der Waals surface area contributed by atoms with Crippen LogP contribution in [0.15, 0.2) is 48.8 Å². The lowest BCUT2D eigenvalue weighted by Crippen LogP contribution is -2.22. The van der Waals surface area contributed by atoms with Crippen LogP contribution in [0.2, 0.25) is 0 Å². The van der Waals surface area contributed by atoms with Crippen molar-refractivity contribution in [2.24, 2.45) is 5.73 Å². The average Bonchev–Trinajstić information content (AvgIpc) is 2.67. The zero-order chi connectivity index (χ0) is 18.6. The molecular formula is C20H28Cl2N4O2. The first-order valence-corrected chi connectivity index (χ1v) is 8.96. The van der Waals surface area contributed by atoms with Gasteiger partial charge in [-0.05, 0) is 49.2 Å². The van der Waals surface area contributed by atoms with Crippen LogP contribution in [-0.2, 0) is 11.3 Å². The molecule has 4 N–H and O–H groups in total. The third-order valence-corrected chi connectivity index (χ3v) is 3.98. The molecule has 2 aromatic rings. The smallest absolute Gasteiger partial charge is 0.255 e. The monoisotopic (exact) mass is 426 g/mol. The molecule has 28 heavy (non-hydrogen) atoms. The minimum Gasteiger partial charge on any atom is -0.352 e. The van der Waals surface area contributed by atoms with Crippen molar-refractivity contribution in [2.45, 2.75) is 38.6 Å². The van der Waals surface area contributed by atoms with Crippen molar-refractivity contribution in [3.63, 3.8) is 0 Å². The number of anilines is 1. The third kappa shape index (κ3) is 9.69. The van der Waals surface area contributed by atoms with E-state index in [-0.39, 0.29) is 36.6 Å². The molecule has 0 aliphatic carbocycles. The second kappa shape index (κ2) is 14.9. The van der Waals surface area contributed by atoms with E-state index in [9.17, 15) is 9.59 Å². The van der Waals surface area contributed by atoms with Crippen molar-refractivity contribution in [3.8, 4) is 0 Å². The van der Waals surface area contributed by atoms with E-state index in [1.54, 1.807) is 24.5 Å². The number of carbonyl (C=O) groups excluding carboxylic acids is 2. The van der Waals surface area contributed by atoms with E-state index in [4.69, 9.17) is 5.73 Å². The summed E-state index contributed by atoms with van der Waals surface area (Å²) in [7, 11) is 0. The Morgan fingerprint density at radius 2 is 1.68 bits per heavy atom. The van der Waals surface area contributed by atoms with Gasteiger partial charge in [-0.3, -0.25) is 14.6 Å². The molecule has 8 heteroatoms. The van der Waals surface area contributed by atoms with Gasteiger partial charge in [0.1, 0.15) is 0 Å². The van der Waals surface area contributed by atoms with Crippen LogP contribution >= 0.6 is 24.8 Å². The molecule has 0 saturated heterocycles. The molecule has 1 aromatic heterocycles. The second-order valence-electron chi connectivity index (χ2n) is 6.12. The van der Waals surface area contributed by atoms with E-state index in [0.29, 0.717) is 30.8 Å². The summed E-state index contributed by atoms with van der Waals surface area (Å²) in [5.41, 5.74) is 7.63. The van der Waals surface area contributed by atoms with Gasteiger partial charge in [-0.1, -0.05) is 25.0 Å². The summed E-state index contributed by atoms with van der Waals surface area (Å²) in [5, 5.41) is 5.77. The number of aromatic nitrogens is 1. The van der Waals surface area contributed by atoms with Gasteiger partial charge < -0.3 is 16.4 Å². The van der Waals surface area contributed by atoms with E-state index in [0.717, 1.165) is 31.2 Å². The predicted octanol–water partition coefficient (Wildman–Crippen LogP) is 3.70. The Hall–Kier alpha value is -2.15. The molecule has 0 radical (unpaired) electrons. The lowest BCUT2D eigenvalue weighted by atomic mass is 10.1. The summed E-state index contributed by atoms with van der Waals surface area (Å²) in [6.07, 6.45) is 7.69. The molecule has 0 bridgehead atoms. The standard InChI is InChI=1S/C20H26N4O2.2ClH/c21-11-4-2-1-3-8-19(25)23-15-16-6-5-7-18(14-16)24-20(26)17-9-12-22-13-10-17;;/h5-7,9-10,12-14H,1-4,8,11,15,21H2,(H,23,25)(H,24,26);2*1H. The number of unbranched alkanes of at least 4 members (excludes halogenated alkanes) is 3. The van der Waals surface area contributed by atoms with Crippen LogP contribution in [0.3, 0.4) is 0 Å². The van der Waals surface area contributed by atoms with Gasteiger partial charge in [-0.25, -0.2) is 0 Å². The average molecular weight is 427 g/mol. The molecule has 0 aliphatic rings. The predicted molar refractivity (Wildman–Crippen MR) is 117 cm³/mol. The van der Waals surface area contributed by atoms with E-state index in [1.165, 1.54) is 0 Å². The van der Waals surface area contributed by atoms with Crippen LogP contribution in [0.25, 0.3) is 0 Å². The molecule has 0 unspecified atom stereocenters. The number of nitrogens with two attached hydrogens (primary N) is 1. The van der Waals surface area contributed by atoms with Crippen molar-refractivity contribution in [3.05, 3.63) is 59.9 Å². The molecule has 6 nitrogen and oxygen atoms in total. The molecule has 1 aromatic carbocycles. The second-order valence-corrected chi connectivity index (χ2v) is 6.12. The highest BCUT2D eigenvalue weighted by molar-refractivity contribution is 6.04. The molecule has 0 atom stereocenters. The van der Waals surface area contributed by atoms with Crippen LogP contribution in [0.5, 0.6) is 0 Å². The number of nitrogens with zero attached hydrogens (tertiary/aromatic N) is 1. The van der Waals surface area contributed by atoms with Crippen LogP contribution < -0.4 is 16.4 Å². The Morgan fingerprint density at radius 3 is 2.39 bits per heavy atom. The van der Waals surface area contributed by atoms with Crippen LogP contribution in [-0.4, -0.2) is 23.3 Å². The Bertz CT molecular complexity index is 714. The quantitative estimate of drug-likeness (QED) is 0.504. The summed E-state index contributed by atoms with van der Waals surface area (Å²) in [5.74, 6) is -0.143. The largest absolute Gasteiger partial charge is 0.352 e. The number of amides is 2. The Balaban J connectivity index is 0.00000364. The Kier molecular flexibility index (Phi) is 13.7. The van der Waals surface area contributed by atoms with E-state index < -0.39 is 0 Å². The maximum absolute atomic E-state index is 12.2. The maximum Gasteiger partial charge on any atom is 0.255 e. The van der Waals surface area contributed by atoms with Gasteiger partial charge in [0.15, 0.2) is 0 Å². The lowest BCUT2D eigenvalue weighted by Gasteiger charge is -2.09. The van der Waals surface area contributed by atoms with Crippen molar-refractivity contribution < 1.29 is 9.59 Å². The van der Waals surface area contributed by atoms with E-state index >= 15 is 0 Å². The molecule has 1 heterocycles. The number of hydrogen-bond acceptors (Lipinski definition) is 4. The molecule has 154 valence electrons. The van der Waals surface area contributed by atoms with Gasteiger partial charge in [0.05, 0.1) is 0 Å². The number of halogens is 2. The van der Waals surface area contributed by atoms with Crippen LogP contribution in [0, 0.1) is 0 Å². The zero-order valence-electron chi connectivity index (χ0n) is 15.7. The first-order valence-electron chi connectivity index (χ1n) is 8.96. The first kappa shape index (κ1) is 25.9. The minimum atomic E-state index is -0.189. The van der Waals surface area contributed by atoms with Gasteiger partial charge >= 0.3 is 0 Å². The van der Waals surface area contributed by atoms with Crippen LogP contribution in [0.1, 0.15) is 48.0 Å². The molecule has 0 saturated carbocycles. The van der Waals surface area contributed by atoms with Crippen LogP contribution in [0.4, 0.5) is 5.69 Å². The van der Waals surface area contributed by atoms with Crippen molar-refractivity contribution in [1.82, 2.24) is 10.3 Å². The minimum absolute atomic E-state index is 0. The van der Waals surface area contributed by atoms with Crippen molar-refractivity contribution >= 4 is 42.3 Å². The molecule has 0 aliphatic heterocycles. The zero-order valence-corrected chi connectivity index (χ0v) is 17.4. The van der Waals surface area contributed by atoms with Crippen molar-refractivity contribution in [2.75, 3.05) is 11.9 Å². The summed E-state index contributed by atoms with van der Waals surface area (Å²) in [6, 6.07) is 10.8. The SMILES string of the molecule is Cl.Cl.NCCCCCCC(=O)NCc1cccc(NC(=O)c2ccncc2)c1. The molecule has 2 amide bonds. The fraction of sp³-hybridized carbons (Fsp3) is 0.350. The summed E-state index contributed by atoms with van der Waals surface area (Å²) in [6.45, 7) is 1.15. The number of rotatable bonds is 10. The maximum atomic E-state index is 12.2. The summed E-state index contributed by atoms with van der Waals surface area (Å²) < 4.78 is 0. The number of carbonyl (C=O) groups is 2. The van der Waals surface area contributed by atoms with E-state index in [2.05, 4.69) is 15.6 Å². The first-order chi connectivity index (χ1) is 12.7. The molecular weight excluding hydrogens is 399 g/mol. The highest BCUT2D eigenvalue weighted by atomic mass is 35.5. The Labute approximate surface area is 178 Å². The van der Waals surface area contributed by atoms with Crippen molar-refractivity contribution in [1.29, 1.82) is 0 Å². The van der Waals surface area contributed by atoms with Gasteiger partial charge in [0.2, 0.25) is 5.91 Å². The lowest BCUT2D eigenvalue weighted by molar-refractivity contribution is -0.121. The highest BCUT2D eigenvalue weighted by Gasteiger charge is 2.06. The fourth-order valence-electron chi connectivity index (χ4n) is 2.54. The topological polar surface area (TPSA) is 97.1 Å². The normalized spacial score (nSPS) is 9.61.